The van der Waals surface area contributed by atoms with Gasteiger partial charge in [-0.2, -0.15) is 0 Å². The van der Waals surface area contributed by atoms with Gasteiger partial charge in [0.25, 0.3) is 5.91 Å². The zero-order valence-electron chi connectivity index (χ0n) is 20.5. The highest BCUT2D eigenvalue weighted by Gasteiger charge is 2.26. The monoisotopic (exact) mass is 516 g/mol. The first kappa shape index (κ1) is 26.9. The summed E-state index contributed by atoms with van der Waals surface area (Å²) in [6.45, 7) is 11.2. The maximum atomic E-state index is 13.2. The van der Waals surface area contributed by atoms with Crippen LogP contribution in [0.4, 0.5) is 0 Å². The predicted octanol–water partition coefficient (Wildman–Crippen LogP) is 5.50. The van der Waals surface area contributed by atoms with Crippen molar-refractivity contribution in [1.82, 2.24) is 10.2 Å². The Hall–Kier alpha value is -2.34. The van der Waals surface area contributed by atoms with Gasteiger partial charge in [0.1, 0.15) is 11.8 Å². The van der Waals surface area contributed by atoms with Crippen molar-refractivity contribution in [3.8, 4) is 5.75 Å². The summed E-state index contributed by atoms with van der Waals surface area (Å²) in [7, 11) is 0. The van der Waals surface area contributed by atoms with E-state index in [1.165, 1.54) is 5.56 Å². The lowest BCUT2D eigenvalue weighted by Crippen LogP contribution is -2.50. The van der Waals surface area contributed by atoms with Gasteiger partial charge in [-0.25, -0.2) is 0 Å². The number of carbonyl (C=O) groups excluding carboxylic acids is 2. The van der Waals surface area contributed by atoms with Crippen LogP contribution in [0.15, 0.2) is 53.0 Å². The minimum absolute atomic E-state index is 0.0195. The fourth-order valence-corrected chi connectivity index (χ4v) is 3.91. The molecule has 0 heterocycles. The molecule has 0 saturated carbocycles. The molecule has 0 aliphatic heterocycles. The Balaban J connectivity index is 2.09. The lowest BCUT2D eigenvalue weighted by atomic mass is 9.87. The molecule has 33 heavy (non-hydrogen) atoms. The van der Waals surface area contributed by atoms with E-state index in [0.717, 1.165) is 22.9 Å². The topological polar surface area (TPSA) is 58.6 Å². The molecule has 2 amide bonds. The number of amides is 2. The second-order valence-corrected chi connectivity index (χ2v) is 10.2. The molecule has 0 aromatic heterocycles. The summed E-state index contributed by atoms with van der Waals surface area (Å²) in [5.41, 5.74) is 2.32. The number of ether oxygens (including phenoxy) is 1. The minimum atomic E-state index is -0.576. The number of hydrogen-bond acceptors (Lipinski definition) is 3. The van der Waals surface area contributed by atoms with Crippen LogP contribution in [0.3, 0.4) is 0 Å². The van der Waals surface area contributed by atoms with E-state index in [2.05, 4.69) is 48.9 Å². The first-order chi connectivity index (χ1) is 15.6. The Morgan fingerprint density at radius 1 is 1.12 bits per heavy atom. The Morgan fingerprint density at radius 3 is 2.42 bits per heavy atom. The molecular weight excluding hydrogens is 480 g/mol. The lowest BCUT2D eigenvalue weighted by Gasteiger charge is -2.29. The summed E-state index contributed by atoms with van der Waals surface area (Å²) >= 11 is 3.56. The highest BCUT2D eigenvalue weighted by Crippen LogP contribution is 2.31. The summed E-state index contributed by atoms with van der Waals surface area (Å²) in [6.07, 6.45) is 2.59. The van der Waals surface area contributed by atoms with E-state index in [9.17, 15) is 9.59 Å². The van der Waals surface area contributed by atoms with Crippen molar-refractivity contribution in [3.63, 3.8) is 0 Å². The van der Waals surface area contributed by atoms with Crippen LogP contribution >= 0.6 is 15.9 Å². The average molecular weight is 518 g/mol. The lowest BCUT2D eigenvalue weighted by molar-refractivity contribution is -0.141. The van der Waals surface area contributed by atoms with Gasteiger partial charge in [0, 0.05) is 13.1 Å². The van der Waals surface area contributed by atoms with Crippen LogP contribution in [0.25, 0.3) is 0 Å². The summed E-state index contributed by atoms with van der Waals surface area (Å²) in [4.78, 5) is 27.5. The van der Waals surface area contributed by atoms with Crippen LogP contribution in [0.2, 0.25) is 0 Å². The second kappa shape index (κ2) is 12.8. The van der Waals surface area contributed by atoms with E-state index >= 15 is 0 Å². The van der Waals surface area contributed by atoms with E-state index < -0.39 is 6.04 Å². The van der Waals surface area contributed by atoms with Gasteiger partial charge in [-0.3, -0.25) is 9.59 Å². The zero-order chi connectivity index (χ0) is 24.4. The molecule has 2 aromatic carbocycles. The Labute approximate surface area is 207 Å². The molecule has 0 unspecified atom stereocenters. The van der Waals surface area contributed by atoms with Crippen molar-refractivity contribution in [2.75, 3.05) is 19.7 Å². The first-order valence-corrected chi connectivity index (χ1v) is 12.5. The third kappa shape index (κ3) is 8.50. The van der Waals surface area contributed by atoms with Gasteiger partial charge < -0.3 is 15.0 Å². The van der Waals surface area contributed by atoms with Crippen molar-refractivity contribution in [3.05, 3.63) is 64.1 Å². The Bertz CT molecular complexity index is 909. The number of benzene rings is 2. The smallest absolute Gasteiger partial charge is 0.261 e. The quantitative estimate of drug-likeness (QED) is 0.401. The average Bonchev–Trinajstić information content (AvgIpc) is 2.78. The molecule has 180 valence electrons. The van der Waals surface area contributed by atoms with Crippen LogP contribution in [0.1, 0.15) is 58.6 Å². The van der Waals surface area contributed by atoms with Gasteiger partial charge in [0.15, 0.2) is 6.61 Å². The number of rotatable bonds is 11. The molecule has 2 aromatic rings. The standard InChI is InChI=1S/C27H37BrN2O3/c1-6-7-16-29-26(32)20(2)30(17-15-21-11-9-8-10-12-21)25(31)19-33-24-14-13-22(18-23(24)28)27(3,4)5/h8-14,18,20H,6-7,15-17,19H2,1-5H3,(H,29,32)/t20-/m0/s1. The van der Waals surface area contributed by atoms with E-state index in [1.54, 1.807) is 11.8 Å². The van der Waals surface area contributed by atoms with Gasteiger partial charge in [-0.15, -0.1) is 0 Å². The maximum Gasteiger partial charge on any atom is 0.261 e. The molecule has 6 heteroatoms. The Kier molecular flexibility index (Phi) is 10.4. The summed E-state index contributed by atoms with van der Waals surface area (Å²) in [6, 6.07) is 15.3. The molecule has 0 radical (unpaired) electrons. The van der Waals surface area contributed by atoms with Gasteiger partial charge >= 0.3 is 0 Å². The number of nitrogens with zero attached hydrogens (tertiary/aromatic N) is 1. The molecule has 0 bridgehead atoms. The SMILES string of the molecule is CCCCNC(=O)[C@H](C)N(CCc1ccccc1)C(=O)COc1ccc(C(C)(C)C)cc1Br. The zero-order valence-corrected chi connectivity index (χ0v) is 22.1. The van der Waals surface area contributed by atoms with Gasteiger partial charge in [0.2, 0.25) is 5.91 Å². The van der Waals surface area contributed by atoms with Crippen LogP contribution in [0.5, 0.6) is 5.75 Å². The molecule has 0 aliphatic rings. The molecule has 5 nitrogen and oxygen atoms in total. The van der Waals surface area contributed by atoms with Crippen molar-refractivity contribution in [2.45, 2.75) is 65.3 Å². The normalized spacial score (nSPS) is 12.2. The van der Waals surface area contributed by atoms with E-state index in [-0.39, 0.29) is 23.8 Å². The molecule has 1 atom stereocenters. The fourth-order valence-electron chi connectivity index (χ4n) is 3.41. The molecule has 0 saturated heterocycles. The molecule has 0 fully saturated rings. The Morgan fingerprint density at radius 2 is 1.82 bits per heavy atom. The van der Waals surface area contributed by atoms with Crippen LogP contribution in [-0.2, 0) is 21.4 Å². The van der Waals surface area contributed by atoms with E-state index in [0.29, 0.717) is 25.3 Å². The molecule has 2 rings (SSSR count). The summed E-state index contributed by atoms with van der Waals surface area (Å²) in [5, 5.41) is 2.94. The van der Waals surface area contributed by atoms with Gasteiger partial charge in [0.05, 0.1) is 4.47 Å². The van der Waals surface area contributed by atoms with Crippen molar-refractivity contribution in [2.24, 2.45) is 0 Å². The highest BCUT2D eigenvalue weighted by atomic mass is 79.9. The molecule has 1 N–H and O–H groups in total. The van der Waals surface area contributed by atoms with Crippen molar-refractivity contribution < 1.29 is 14.3 Å². The van der Waals surface area contributed by atoms with Crippen LogP contribution in [0, 0.1) is 0 Å². The fraction of sp³-hybridized carbons (Fsp3) is 0.481. The number of nitrogens with one attached hydrogen (secondary N) is 1. The van der Waals surface area contributed by atoms with Gasteiger partial charge in [-0.05, 0) is 64.4 Å². The number of carbonyl (C=O) groups is 2. The third-order valence-corrected chi connectivity index (χ3v) is 6.25. The molecule has 0 aliphatic carbocycles. The number of hydrogen-bond donors (Lipinski definition) is 1. The van der Waals surface area contributed by atoms with Crippen LogP contribution in [-0.4, -0.2) is 42.5 Å². The number of unbranched alkanes of at least 4 members (excludes halogenated alkanes) is 1. The highest BCUT2D eigenvalue weighted by molar-refractivity contribution is 9.10. The number of halogens is 1. The van der Waals surface area contributed by atoms with Crippen LogP contribution < -0.4 is 10.1 Å². The maximum absolute atomic E-state index is 13.2. The third-order valence-electron chi connectivity index (χ3n) is 5.63. The molecular formula is C27H37BrN2O3. The van der Waals surface area contributed by atoms with Gasteiger partial charge in [-0.1, -0.05) is 70.5 Å². The second-order valence-electron chi connectivity index (χ2n) is 9.33. The van der Waals surface area contributed by atoms with Crippen molar-refractivity contribution in [1.29, 1.82) is 0 Å². The predicted molar refractivity (Wildman–Crippen MR) is 138 cm³/mol. The summed E-state index contributed by atoms with van der Waals surface area (Å²) < 4.78 is 6.67. The van der Waals surface area contributed by atoms with E-state index in [1.807, 2.05) is 48.5 Å². The van der Waals surface area contributed by atoms with E-state index in [4.69, 9.17) is 4.74 Å². The first-order valence-electron chi connectivity index (χ1n) is 11.7. The van der Waals surface area contributed by atoms with Crippen molar-refractivity contribution >= 4 is 27.7 Å². The minimum Gasteiger partial charge on any atom is -0.483 e. The largest absolute Gasteiger partial charge is 0.483 e. The molecule has 0 spiro atoms. The summed E-state index contributed by atoms with van der Waals surface area (Å²) in [5.74, 6) is 0.260.